The molecule has 2 N–H and O–H groups in total. The SMILES string of the molecule is COc1cc(C=NNC(=O)c2[nH]c3ccc(N(C)C)cc3c2-c2ccccc2)ccc1OC(=O)c1cccc(C)c1. The van der Waals surface area contributed by atoms with Gasteiger partial charge in [0.05, 0.1) is 18.9 Å². The maximum Gasteiger partial charge on any atom is 0.343 e. The van der Waals surface area contributed by atoms with Crippen LogP contribution in [0.1, 0.15) is 32.0 Å². The summed E-state index contributed by atoms with van der Waals surface area (Å²) in [5.41, 5.74) is 8.70. The Balaban J connectivity index is 1.36. The zero-order chi connectivity index (χ0) is 28.9. The summed E-state index contributed by atoms with van der Waals surface area (Å²) in [6, 6.07) is 28.0. The Bertz CT molecular complexity index is 1760. The van der Waals surface area contributed by atoms with E-state index < -0.39 is 5.97 Å². The van der Waals surface area contributed by atoms with Gasteiger partial charge in [0, 0.05) is 36.2 Å². The van der Waals surface area contributed by atoms with Crippen molar-refractivity contribution in [3.8, 4) is 22.6 Å². The van der Waals surface area contributed by atoms with Crippen molar-refractivity contribution in [3.05, 3.63) is 113 Å². The first kappa shape index (κ1) is 27.2. The first-order chi connectivity index (χ1) is 19.8. The number of nitrogens with zero attached hydrogens (tertiary/aromatic N) is 2. The molecule has 0 aliphatic rings. The molecule has 0 radical (unpaired) electrons. The summed E-state index contributed by atoms with van der Waals surface area (Å²) in [6.07, 6.45) is 1.50. The van der Waals surface area contributed by atoms with Crippen LogP contribution in [-0.2, 0) is 0 Å². The van der Waals surface area contributed by atoms with Crippen molar-refractivity contribution in [2.75, 3.05) is 26.1 Å². The molecule has 0 saturated carbocycles. The van der Waals surface area contributed by atoms with E-state index in [-0.39, 0.29) is 11.7 Å². The molecule has 41 heavy (non-hydrogen) atoms. The third-order valence-electron chi connectivity index (χ3n) is 6.61. The second-order valence-electron chi connectivity index (χ2n) is 9.73. The summed E-state index contributed by atoms with van der Waals surface area (Å²) in [7, 11) is 5.45. The Hall–Kier alpha value is -5.37. The largest absolute Gasteiger partial charge is 0.493 e. The second kappa shape index (κ2) is 11.8. The number of aromatic nitrogens is 1. The highest BCUT2D eigenvalue weighted by Crippen LogP contribution is 2.34. The van der Waals surface area contributed by atoms with Crippen LogP contribution in [0.25, 0.3) is 22.0 Å². The fraction of sp³-hybridized carbons (Fsp3) is 0.121. The number of carbonyl (C=O) groups is 2. The van der Waals surface area contributed by atoms with E-state index in [0.717, 1.165) is 33.3 Å². The van der Waals surface area contributed by atoms with Crippen molar-refractivity contribution in [1.29, 1.82) is 0 Å². The molecule has 0 spiro atoms. The van der Waals surface area contributed by atoms with Crippen molar-refractivity contribution >= 4 is 34.7 Å². The number of hydrazone groups is 1. The van der Waals surface area contributed by atoms with Gasteiger partial charge in [-0.05, 0) is 66.6 Å². The van der Waals surface area contributed by atoms with Gasteiger partial charge in [0.1, 0.15) is 5.69 Å². The molecule has 0 bridgehead atoms. The van der Waals surface area contributed by atoms with Crippen molar-refractivity contribution in [1.82, 2.24) is 10.4 Å². The van der Waals surface area contributed by atoms with E-state index in [1.807, 2.05) is 74.4 Å². The number of hydrogen-bond donors (Lipinski definition) is 2. The summed E-state index contributed by atoms with van der Waals surface area (Å²) < 4.78 is 11.0. The predicted octanol–water partition coefficient (Wildman–Crippen LogP) is 6.20. The van der Waals surface area contributed by atoms with Gasteiger partial charge in [-0.1, -0.05) is 48.0 Å². The lowest BCUT2D eigenvalue weighted by atomic mass is 10.0. The summed E-state index contributed by atoms with van der Waals surface area (Å²) in [5, 5.41) is 5.12. The normalized spacial score (nSPS) is 11.0. The van der Waals surface area contributed by atoms with Gasteiger partial charge in [-0.2, -0.15) is 5.10 Å². The minimum absolute atomic E-state index is 0.280. The van der Waals surface area contributed by atoms with Gasteiger partial charge in [0.25, 0.3) is 5.91 Å². The number of anilines is 1. The van der Waals surface area contributed by atoms with Gasteiger partial charge in [-0.15, -0.1) is 0 Å². The Labute approximate surface area is 238 Å². The predicted molar refractivity (Wildman–Crippen MR) is 162 cm³/mol. The highest BCUT2D eigenvalue weighted by Gasteiger charge is 2.20. The van der Waals surface area contributed by atoms with Gasteiger partial charge in [0.15, 0.2) is 11.5 Å². The van der Waals surface area contributed by atoms with Gasteiger partial charge >= 0.3 is 5.97 Å². The number of H-pyrrole nitrogens is 1. The van der Waals surface area contributed by atoms with E-state index in [2.05, 4.69) is 21.6 Å². The highest BCUT2D eigenvalue weighted by molar-refractivity contribution is 6.10. The molecule has 206 valence electrons. The molecule has 0 unspecified atom stereocenters. The highest BCUT2D eigenvalue weighted by atomic mass is 16.6. The molecule has 1 amide bonds. The van der Waals surface area contributed by atoms with E-state index >= 15 is 0 Å². The standard InChI is InChI=1S/C33H30N4O4/c1-21-9-8-12-24(17-21)33(39)41-28-16-13-22(18-29(28)40-4)20-34-36-32(38)31-30(23-10-6-5-7-11-23)26-19-25(37(2)3)14-15-27(26)35-31/h5-20,35H,1-4H3,(H,36,38). The first-order valence-electron chi connectivity index (χ1n) is 13.0. The summed E-state index contributed by atoms with van der Waals surface area (Å²) in [6.45, 7) is 1.91. The van der Waals surface area contributed by atoms with Crippen LogP contribution in [0, 0.1) is 6.92 Å². The van der Waals surface area contributed by atoms with Crippen LogP contribution >= 0.6 is 0 Å². The molecule has 8 nitrogen and oxygen atoms in total. The van der Waals surface area contributed by atoms with Crippen molar-refractivity contribution in [2.24, 2.45) is 5.10 Å². The Morgan fingerprint density at radius 1 is 0.902 bits per heavy atom. The number of amides is 1. The molecule has 0 saturated heterocycles. The van der Waals surface area contributed by atoms with E-state index in [1.54, 1.807) is 36.4 Å². The van der Waals surface area contributed by atoms with Crippen LogP contribution in [0.2, 0.25) is 0 Å². The number of aromatic amines is 1. The molecule has 0 fully saturated rings. The topological polar surface area (TPSA) is 96.0 Å². The van der Waals surface area contributed by atoms with E-state index in [9.17, 15) is 9.59 Å². The maximum atomic E-state index is 13.3. The summed E-state index contributed by atoms with van der Waals surface area (Å²) in [5.74, 6) is -0.216. The van der Waals surface area contributed by atoms with E-state index in [1.165, 1.54) is 13.3 Å². The molecule has 0 aliphatic heterocycles. The third-order valence-corrected chi connectivity index (χ3v) is 6.61. The Morgan fingerprint density at radius 3 is 2.44 bits per heavy atom. The van der Waals surface area contributed by atoms with E-state index in [0.29, 0.717) is 22.6 Å². The average molecular weight is 547 g/mol. The van der Waals surface area contributed by atoms with Crippen LogP contribution < -0.4 is 19.8 Å². The van der Waals surface area contributed by atoms with Crippen molar-refractivity contribution < 1.29 is 19.1 Å². The maximum absolute atomic E-state index is 13.3. The zero-order valence-electron chi connectivity index (χ0n) is 23.3. The molecular formula is C33H30N4O4. The van der Waals surface area contributed by atoms with Gasteiger partial charge < -0.3 is 19.4 Å². The number of esters is 1. The number of hydrogen-bond acceptors (Lipinski definition) is 6. The van der Waals surface area contributed by atoms with Gasteiger partial charge in [0.2, 0.25) is 0 Å². The summed E-state index contributed by atoms with van der Waals surface area (Å²) in [4.78, 5) is 31.2. The number of fused-ring (bicyclic) bond motifs is 1. The number of ether oxygens (including phenoxy) is 2. The van der Waals surface area contributed by atoms with E-state index in [4.69, 9.17) is 9.47 Å². The minimum Gasteiger partial charge on any atom is -0.493 e. The van der Waals surface area contributed by atoms with Crippen molar-refractivity contribution in [3.63, 3.8) is 0 Å². The van der Waals surface area contributed by atoms with Crippen LogP contribution in [0.4, 0.5) is 5.69 Å². The second-order valence-corrected chi connectivity index (χ2v) is 9.73. The number of nitrogens with one attached hydrogen (secondary N) is 2. The molecule has 0 atom stereocenters. The van der Waals surface area contributed by atoms with Crippen LogP contribution in [0.5, 0.6) is 11.5 Å². The zero-order valence-corrected chi connectivity index (χ0v) is 23.3. The van der Waals surface area contributed by atoms with Gasteiger partial charge in [-0.25, -0.2) is 10.2 Å². The lowest BCUT2D eigenvalue weighted by Crippen LogP contribution is -2.18. The summed E-state index contributed by atoms with van der Waals surface area (Å²) >= 11 is 0. The number of methoxy groups -OCH3 is 1. The molecule has 1 aromatic heterocycles. The molecular weight excluding hydrogens is 516 g/mol. The lowest BCUT2D eigenvalue weighted by molar-refractivity contribution is 0.0729. The van der Waals surface area contributed by atoms with Crippen LogP contribution in [0.3, 0.4) is 0 Å². The van der Waals surface area contributed by atoms with Crippen LogP contribution in [-0.4, -0.2) is 44.3 Å². The number of aryl methyl sites for hydroxylation is 1. The smallest absolute Gasteiger partial charge is 0.343 e. The molecule has 4 aromatic carbocycles. The van der Waals surface area contributed by atoms with Crippen LogP contribution in [0.15, 0.2) is 96.1 Å². The Morgan fingerprint density at radius 2 is 1.71 bits per heavy atom. The van der Waals surface area contributed by atoms with Gasteiger partial charge in [-0.3, -0.25) is 4.79 Å². The Kier molecular flexibility index (Phi) is 7.83. The quantitative estimate of drug-likeness (QED) is 0.105. The molecule has 0 aliphatic carbocycles. The average Bonchev–Trinajstić information content (AvgIpc) is 3.37. The number of rotatable bonds is 8. The molecule has 1 heterocycles. The lowest BCUT2D eigenvalue weighted by Gasteiger charge is -2.12. The molecule has 5 aromatic rings. The third kappa shape index (κ3) is 5.96. The minimum atomic E-state index is -0.481. The van der Waals surface area contributed by atoms with Crippen molar-refractivity contribution in [2.45, 2.75) is 6.92 Å². The fourth-order valence-corrected chi connectivity index (χ4v) is 4.53. The fourth-order valence-electron chi connectivity index (χ4n) is 4.53. The number of carbonyl (C=O) groups excluding carboxylic acids is 2. The molecule has 8 heteroatoms. The number of benzene rings is 4. The monoisotopic (exact) mass is 546 g/mol. The first-order valence-corrected chi connectivity index (χ1v) is 13.0. The molecule has 5 rings (SSSR count).